The van der Waals surface area contributed by atoms with Crippen LogP contribution in [0.25, 0.3) is 0 Å². The van der Waals surface area contributed by atoms with E-state index in [0.29, 0.717) is 6.42 Å². The number of hydrogen-bond acceptors (Lipinski definition) is 5. The Morgan fingerprint density at radius 2 is 2.11 bits per heavy atom. The number of anilines is 1. The fourth-order valence-corrected chi connectivity index (χ4v) is 3.33. The summed E-state index contributed by atoms with van der Waals surface area (Å²) < 4.78 is 23.5. The Labute approximate surface area is 160 Å². The highest BCUT2D eigenvalue weighted by molar-refractivity contribution is 6.31. The number of ether oxygens (including phenoxy) is 2. The van der Waals surface area contributed by atoms with E-state index in [1.54, 1.807) is 12.2 Å². The molecule has 1 aromatic rings. The third-order valence-corrected chi connectivity index (χ3v) is 4.75. The predicted molar refractivity (Wildman–Crippen MR) is 94.8 cm³/mol. The molecule has 144 valence electrons. The highest BCUT2D eigenvalue weighted by Crippen LogP contribution is 2.31. The van der Waals surface area contributed by atoms with Crippen molar-refractivity contribution in [2.45, 2.75) is 25.0 Å². The van der Waals surface area contributed by atoms with E-state index in [1.807, 2.05) is 0 Å². The Kier molecular flexibility index (Phi) is 5.10. The Morgan fingerprint density at radius 3 is 2.78 bits per heavy atom. The maximum atomic E-state index is 13.6. The van der Waals surface area contributed by atoms with Crippen molar-refractivity contribution in [2.75, 3.05) is 18.6 Å². The first kappa shape index (κ1) is 19.2. The van der Waals surface area contributed by atoms with Crippen molar-refractivity contribution in [3.8, 4) is 0 Å². The lowest BCUT2D eigenvalue weighted by atomic mass is 10.0. The maximum absolute atomic E-state index is 13.6. The second kappa shape index (κ2) is 7.19. The highest BCUT2D eigenvalue weighted by Gasteiger charge is 2.48. The van der Waals surface area contributed by atoms with E-state index in [-0.39, 0.29) is 29.3 Å². The predicted octanol–water partition coefficient (Wildman–Crippen LogP) is 2.43. The molecule has 27 heavy (non-hydrogen) atoms. The highest BCUT2D eigenvalue weighted by atomic mass is 35.5. The summed E-state index contributed by atoms with van der Waals surface area (Å²) in [7, 11) is 1.30. The van der Waals surface area contributed by atoms with Crippen LogP contribution in [0.4, 0.5) is 14.9 Å². The van der Waals surface area contributed by atoms with Crippen molar-refractivity contribution < 1.29 is 28.2 Å². The molecule has 0 saturated carbocycles. The molecule has 3 atom stereocenters. The average molecular weight is 397 g/mol. The first-order chi connectivity index (χ1) is 12.7. The Bertz CT molecular complexity index is 810. The van der Waals surface area contributed by atoms with Gasteiger partial charge in [0.15, 0.2) is 0 Å². The first-order valence-corrected chi connectivity index (χ1v) is 8.63. The lowest BCUT2D eigenvalue weighted by Gasteiger charge is -2.23. The van der Waals surface area contributed by atoms with Crippen molar-refractivity contribution in [3.63, 3.8) is 0 Å². The molecule has 1 aliphatic heterocycles. The topological polar surface area (TPSA) is 84.9 Å². The smallest absolute Gasteiger partial charge is 0.415 e. The van der Waals surface area contributed by atoms with Crippen LogP contribution in [-0.4, -0.2) is 43.3 Å². The normalized spacial score (nSPS) is 26.8. The van der Waals surface area contributed by atoms with Gasteiger partial charge in [0.05, 0.1) is 25.3 Å². The molecule has 3 rings (SSSR count). The van der Waals surface area contributed by atoms with Gasteiger partial charge in [-0.3, -0.25) is 14.5 Å². The van der Waals surface area contributed by atoms with E-state index in [0.717, 1.165) is 17.0 Å². The number of methoxy groups -OCH3 is 1. The minimum Gasteiger partial charge on any atom is -0.469 e. The third kappa shape index (κ3) is 3.90. The van der Waals surface area contributed by atoms with Gasteiger partial charge in [0, 0.05) is 11.1 Å². The van der Waals surface area contributed by atoms with E-state index in [9.17, 15) is 18.8 Å². The molecule has 7 nitrogen and oxygen atoms in total. The zero-order valence-corrected chi connectivity index (χ0v) is 15.5. The second-order valence-corrected chi connectivity index (χ2v) is 7.08. The van der Waals surface area contributed by atoms with Crippen LogP contribution in [0.3, 0.4) is 0 Å². The van der Waals surface area contributed by atoms with Gasteiger partial charge in [0.25, 0.3) is 5.91 Å². The lowest BCUT2D eigenvalue weighted by Crippen LogP contribution is -2.50. The molecule has 2 amide bonds. The summed E-state index contributed by atoms with van der Waals surface area (Å²) >= 11 is 5.83. The standard InChI is InChI=1S/C18H18ClFN2O5/c1-18(16(24)21-13-4-3-10(5-13)15(23)26-2)9-22(17(25)27-18)14-7-11(19)6-12(20)8-14/h3-4,6-8,10,13H,5,9H2,1-2H3,(H,21,24)/t10-,13+,18?/m1/s1. The minimum absolute atomic E-state index is 0.103. The zero-order chi connectivity index (χ0) is 19.8. The fourth-order valence-electron chi connectivity index (χ4n) is 3.11. The number of hydrogen-bond donors (Lipinski definition) is 1. The summed E-state index contributed by atoms with van der Waals surface area (Å²) in [6, 6.07) is 3.28. The third-order valence-electron chi connectivity index (χ3n) is 4.54. The Morgan fingerprint density at radius 1 is 1.37 bits per heavy atom. The van der Waals surface area contributed by atoms with Crippen LogP contribution < -0.4 is 10.2 Å². The van der Waals surface area contributed by atoms with Gasteiger partial charge in [-0.2, -0.15) is 0 Å². The largest absolute Gasteiger partial charge is 0.469 e. The molecule has 2 aliphatic rings. The summed E-state index contributed by atoms with van der Waals surface area (Å²) in [6.07, 6.45) is 2.96. The van der Waals surface area contributed by atoms with Crippen LogP contribution in [0.1, 0.15) is 13.3 Å². The SMILES string of the molecule is COC(=O)[C@@H]1C=C[C@H](NC(=O)C2(C)CN(c3cc(F)cc(Cl)c3)C(=O)O2)C1. The van der Waals surface area contributed by atoms with Crippen molar-refractivity contribution in [1.82, 2.24) is 5.32 Å². The summed E-state index contributed by atoms with van der Waals surface area (Å²) in [6.45, 7) is 1.37. The van der Waals surface area contributed by atoms with E-state index < -0.39 is 29.3 Å². The second-order valence-electron chi connectivity index (χ2n) is 6.64. The number of nitrogens with zero attached hydrogens (tertiary/aromatic N) is 1. The first-order valence-electron chi connectivity index (χ1n) is 8.25. The summed E-state index contributed by atoms with van der Waals surface area (Å²) in [4.78, 5) is 37.6. The lowest BCUT2D eigenvalue weighted by molar-refractivity contribution is -0.144. The van der Waals surface area contributed by atoms with E-state index >= 15 is 0 Å². The monoisotopic (exact) mass is 396 g/mol. The summed E-state index contributed by atoms with van der Waals surface area (Å²) in [5.41, 5.74) is -1.26. The number of halogens is 2. The minimum atomic E-state index is -1.47. The van der Waals surface area contributed by atoms with Crippen LogP contribution in [-0.2, 0) is 19.1 Å². The molecule has 1 heterocycles. The molecule has 9 heteroatoms. The molecule has 1 aromatic carbocycles. The Balaban J connectivity index is 1.68. The van der Waals surface area contributed by atoms with Crippen molar-refractivity contribution >= 4 is 35.3 Å². The number of benzene rings is 1. The Hall–Kier alpha value is -2.61. The number of esters is 1. The molecule has 1 saturated heterocycles. The van der Waals surface area contributed by atoms with Crippen LogP contribution in [0.5, 0.6) is 0 Å². The molecule has 0 bridgehead atoms. The van der Waals surface area contributed by atoms with E-state index in [1.165, 1.54) is 20.1 Å². The van der Waals surface area contributed by atoms with Crippen LogP contribution in [0.2, 0.25) is 5.02 Å². The average Bonchev–Trinajstić information content (AvgIpc) is 3.18. The molecular weight excluding hydrogens is 379 g/mol. The van der Waals surface area contributed by atoms with Crippen LogP contribution >= 0.6 is 11.6 Å². The maximum Gasteiger partial charge on any atom is 0.415 e. The number of cyclic esters (lactones) is 1. The molecule has 1 N–H and O–H groups in total. The van der Waals surface area contributed by atoms with Gasteiger partial charge in [-0.1, -0.05) is 23.8 Å². The van der Waals surface area contributed by atoms with E-state index in [2.05, 4.69) is 10.1 Å². The van der Waals surface area contributed by atoms with E-state index in [4.69, 9.17) is 16.3 Å². The summed E-state index contributed by atoms with van der Waals surface area (Å²) in [5.74, 6) is -1.92. The van der Waals surface area contributed by atoms with Crippen LogP contribution in [0, 0.1) is 11.7 Å². The molecule has 0 aromatic heterocycles. The number of carbonyl (C=O) groups excluding carboxylic acids is 3. The molecule has 1 aliphatic carbocycles. The number of nitrogens with one attached hydrogen (secondary N) is 1. The van der Waals surface area contributed by atoms with Crippen LogP contribution in [0.15, 0.2) is 30.4 Å². The fraction of sp³-hybridized carbons (Fsp3) is 0.389. The van der Waals surface area contributed by atoms with Gasteiger partial charge in [-0.15, -0.1) is 0 Å². The quantitative estimate of drug-likeness (QED) is 0.624. The number of amides is 2. The van der Waals surface area contributed by atoms with Crippen molar-refractivity contribution in [3.05, 3.63) is 41.2 Å². The molecular formula is C18H18ClFN2O5. The number of carbonyl (C=O) groups is 3. The van der Waals surface area contributed by atoms with Gasteiger partial charge in [0.2, 0.25) is 5.60 Å². The van der Waals surface area contributed by atoms with Crippen molar-refractivity contribution in [1.29, 1.82) is 0 Å². The van der Waals surface area contributed by atoms with Gasteiger partial charge < -0.3 is 14.8 Å². The molecule has 0 radical (unpaired) electrons. The summed E-state index contributed by atoms with van der Waals surface area (Å²) in [5, 5.41) is 2.87. The molecule has 1 fully saturated rings. The molecule has 1 unspecified atom stereocenters. The zero-order valence-electron chi connectivity index (χ0n) is 14.7. The number of rotatable bonds is 4. The van der Waals surface area contributed by atoms with Gasteiger partial charge in [-0.25, -0.2) is 9.18 Å². The van der Waals surface area contributed by atoms with Gasteiger partial charge in [-0.05, 0) is 31.5 Å². The molecule has 0 spiro atoms. The van der Waals surface area contributed by atoms with Gasteiger partial charge >= 0.3 is 12.1 Å². The van der Waals surface area contributed by atoms with Gasteiger partial charge in [0.1, 0.15) is 5.82 Å². The van der Waals surface area contributed by atoms with Crippen molar-refractivity contribution in [2.24, 2.45) is 5.92 Å².